The summed E-state index contributed by atoms with van der Waals surface area (Å²) in [7, 11) is 0. The fourth-order valence-electron chi connectivity index (χ4n) is 3.03. The van der Waals surface area contributed by atoms with Crippen molar-refractivity contribution < 1.29 is 9.53 Å². The van der Waals surface area contributed by atoms with Crippen LogP contribution in [0.2, 0.25) is 0 Å². The van der Waals surface area contributed by atoms with Gasteiger partial charge in [0.2, 0.25) is 5.91 Å². The number of hydrogen-bond acceptors (Lipinski definition) is 3. The van der Waals surface area contributed by atoms with Crippen molar-refractivity contribution >= 4 is 5.91 Å². The van der Waals surface area contributed by atoms with E-state index in [1.165, 1.54) is 6.42 Å². The van der Waals surface area contributed by atoms with Crippen LogP contribution in [0.3, 0.4) is 0 Å². The van der Waals surface area contributed by atoms with Crippen molar-refractivity contribution in [3.05, 3.63) is 0 Å². The first-order chi connectivity index (χ1) is 9.16. The lowest BCUT2D eigenvalue weighted by atomic mass is 9.80. The maximum absolute atomic E-state index is 12.1. The predicted molar refractivity (Wildman–Crippen MR) is 76.0 cm³/mol. The van der Waals surface area contributed by atoms with E-state index in [9.17, 15) is 4.79 Å². The van der Waals surface area contributed by atoms with Gasteiger partial charge in [0.15, 0.2) is 0 Å². The van der Waals surface area contributed by atoms with E-state index in [2.05, 4.69) is 19.2 Å². The number of nitrogens with zero attached hydrogens (tertiary/aromatic N) is 1. The van der Waals surface area contributed by atoms with E-state index in [-0.39, 0.29) is 12.5 Å². The fourth-order valence-corrected chi connectivity index (χ4v) is 3.03. The Morgan fingerprint density at radius 1 is 1.21 bits per heavy atom. The Labute approximate surface area is 116 Å². The lowest BCUT2D eigenvalue weighted by Gasteiger charge is -2.32. The molecule has 0 radical (unpaired) electrons. The van der Waals surface area contributed by atoms with Crippen LogP contribution in [0.1, 0.15) is 39.5 Å². The Balaban J connectivity index is 1.71. The van der Waals surface area contributed by atoms with Crippen molar-refractivity contribution in [2.24, 2.45) is 11.8 Å². The SMILES string of the molecule is CC1CCC(OCC(=O)N2CCCNCC2)CC1C. The molecule has 1 N–H and O–H groups in total. The van der Waals surface area contributed by atoms with Crippen LogP contribution in [0.15, 0.2) is 0 Å². The van der Waals surface area contributed by atoms with E-state index in [0.717, 1.165) is 57.3 Å². The van der Waals surface area contributed by atoms with Crippen molar-refractivity contribution in [2.45, 2.75) is 45.6 Å². The highest BCUT2D eigenvalue weighted by Gasteiger charge is 2.26. The summed E-state index contributed by atoms with van der Waals surface area (Å²) in [4.78, 5) is 14.1. The molecule has 0 aromatic heterocycles. The maximum Gasteiger partial charge on any atom is 0.248 e. The quantitative estimate of drug-likeness (QED) is 0.846. The molecule has 1 heterocycles. The molecule has 110 valence electrons. The topological polar surface area (TPSA) is 41.6 Å². The first-order valence-corrected chi connectivity index (χ1v) is 7.77. The summed E-state index contributed by atoms with van der Waals surface area (Å²) in [6.07, 6.45) is 4.79. The Kier molecular flexibility index (Phi) is 5.64. The molecule has 19 heavy (non-hydrogen) atoms. The van der Waals surface area contributed by atoms with Crippen LogP contribution in [0.5, 0.6) is 0 Å². The minimum absolute atomic E-state index is 0.162. The molecule has 4 nitrogen and oxygen atoms in total. The summed E-state index contributed by atoms with van der Waals surface area (Å²) >= 11 is 0. The second kappa shape index (κ2) is 7.25. The number of carbonyl (C=O) groups is 1. The molecule has 0 aromatic carbocycles. The summed E-state index contributed by atoms with van der Waals surface area (Å²) in [6.45, 7) is 8.49. The van der Waals surface area contributed by atoms with Crippen LogP contribution in [-0.4, -0.2) is 49.7 Å². The van der Waals surface area contributed by atoms with Crippen LogP contribution in [-0.2, 0) is 9.53 Å². The van der Waals surface area contributed by atoms with Crippen molar-refractivity contribution in [3.8, 4) is 0 Å². The molecule has 3 unspecified atom stereocenters. The molecule has 2 aliphatic rings. The Morgan fingerprint density at radius 2 is 2.05 bits per heavy atom. The predicted octanol–water partition coefficient (Wildman–Crippen LogP) is 1.65. The van der Waals surface area contributed by atoms with Crippen molar-refractivity contribution in [3.63, 3.8) is 0 Å². The molecule has 1 aliphatic carbocycles. The molecular formula is C15H28N2O2. The third-order valence-corrected chi connectivity index (χ3v) is 4.69. The van der Waals surface area contributed by atoms with Crippen LogP contribution in [0.4, 0.5) is 0 Å². The monoisotopic (exact) mass is 268 g/mol. The second-order valence-corrected chi connectivity index (χ2v) is 6.18. The normalized spacial score (nSPS) is 32.9. The van der Waals surface area contributed by atoms with Gasteiger partial charge < -0.3 is 15.0 Å². The lowest BCUT2D eigenvalue weighted by molar-refractivity contribution is -0.139. The van der Waals surface area contributed by atoms with E-state index in [0.29, 0.717) is 6.10 Å². The van der Waals surface area contributed by atoms with Gasteiger partial charge >= 0.3 is 0 Å². The smallest absolute Gasteiger partial charge is 0.248 e. The molecule has 0 aromatic rings. The third kappa shape index (κ3) is 4.46. The fraction of sp³-hybridized carbons (Fsp3) is 0.933. The summed E-state index contributed by atoms with van der Waals surface area (Å²) in [5, 5.41) is 3.31. The van der Waals surface area contributed by atoms with Crippen LogP contribution in [0, 0.1) is 11.8 Å². The van der Waals surface area contributed by atoms with Gasteiger partial charge in [0.25, 0.3) is 0 Å². The molecule has 3 atom stereocenters. The molecule has 1 aliphatic heterocycles. The number of nitrogens with one attached hydrogen (secondary N) is 1. The van der Waals surface area contributed by atoms with Gasteiger partial charge in [0, 0.05) is 19.6 Å². The molecule has 2 fully saturated rings. The van der Waals surface area contributed by atoms with Gasteiger partial charge in [0.1, 0.15) is 6.61 Å². The zero-order valence-electron chi connectivity index (χ0n) is 12.4. The maximum atomic E-state index is 12.1. The van der Waals surface area contributed by atoms with Gasteiger partial charge in [-0.15, -0.1) is 0 Å². The second-order valence-electron chi connectivity index (χ2n) is 6.18. The van der Waals surface area contributed by atoms with Crippen molar-refractivity contribution in [1.82, 2.24) is 10.2 Å². The molecule has 4 heteroatoms. The molecule has 1 saturated carbocycles. The average Bonchev–Trinajstić information content (AvgIpc) is 2.69. The molecule has 1 saturated heterocycles. The Hall–Kier alpha value is -0.610. The Bertz CT molecular complexity index is 288. The first kappa shape index (κ1) is 14.8. The van der Waals surface area contributed by atoms with E-state index in [1.54, 1.807) is 0 Å². The summed E-state index contributed by atoms with van der Waals surface area (Å²) < 4.78 is 5.85. The van der Waals surface area contributed by atoms with Gasteiger partial charge in [-0.2, -0.15) is 0 Å². The van der Waals surface area contributed by atoms with E-state index in [4.69, 9.17) is 4.74 Å². The zero-order chi connectivity index (χ0) is 13.7. The Morgan fingerprint density at radius 3 is 2.84 bits per heavy atom. The molecule has 1 amide bonds. The van der Waals surface area contributed by atoms with Gasteiger partial charge in [-0.25, -0.2) is 0 Å². The average molecular weight is 268 g/mol. The number of amides is 1. The van der Waals surface area contributed by atoms with E-state index >= 15 is 0 Å². The molecule has 0 spiro atoms. The molecule has 2 rings (SSSR count). The zero-order valence-corrected chi connectivity index (χ0v) is 12.4. The van der Waals surface area contributed by atoms with Crippen LogP contribution < -0.4 is 5.32 Å². The highest BCUT2D eigenvalue weighted by atomic mass is 16.5. The molecule has 0 bridgehead atoms. The highest BCUT2D eigenvalue weighted by Crippen LogP contribution is 2.30. The first-order valence-electron chi connectivity index (χ1n) is 7.77. The number of carbonyl (C=O) groups excluding carboxylic acids is 1. The van der Waals surface area contributed by atoms with E-state index in [1.807, 2.05) is 4.90 Å². The summed E-state index contributed by atoms with van der Waals surface area (Å²) in [5.74, 6) is 1.68. The largest absolute Gasteiger partial charge is 0.368 e. The van der Waals surface area contributed by atoms with E-state index < -0.39 is 0 Å². The standard InChI is InChI=1S/C15H28N2O2/c1-12-4-5-14(10-13(12)2)19-11-15(18)17-8-3-6-16-7-9-17/h12-14,16H,3-11H2,1-2H3. The molecular weight excluding hydrogens is 240 g/mol. The minimum atomic E-state index is 0.162. The highest BCUT2D eigenvalue weighted by molar-refractivity contribution is 5.77. The number of rotatable bonds is 3. The van der Waals surface area contributed by atoms with Crippen LogP contribution in [0.25, 0.3) is 0 Å². The van der Waals surface area contributed by atoms with Crippen molar-refractivity contribution in [2.75, 3.05) is 32.8 Å². The van der Waals surface area contributed by atoms with Gasteiger partial charge in [-0.3, -0.25) is 4.79 Å². The number of hydrogen-bond donors (Lipinski definition) is 1. The van der Waals surface area contributed by atoms with Crippen molar-refractivity contribution in [1.29, 1.82) is 0 Å². The summed E-state index contributed by atoms with van der Waals surface area (Å²) in [5.41, 5.74) is 0. The van der Waals surface area contributed by atoms with Crippen LogP contribution >= 0.6 is 0 Å². The van der Waals surface area contributed by atoms with Gasteiger partial charge in [0.05, 0.1) is 6.10 Å². The minimum Gasteiger partial charge on any atom is -0.368 e. The van der Waals surface area contributed by atoms with Gasteiger partial charge in [-0.05, 0) is 44.1 Å². The lowest BCUT2D eigenvalue weighted by Crippen LogP contribution is -2.38. The number of ether oxygens (including phenoxy) is 1. The third-order valence-electron chi connectivity index (χ3n) is 4.69. The summed E-state index contributed by atoms with van der Waals surface area (Å²) in [6, 6.07) is 0. The van der Waals surface area contributed by atoms with Gasteiger partial charge in [-0.1, -0.05) is 13.8 Å².